The fraction of sp³-hybridized carbons (Fsp3) is 0.350. The van der Waals surface area contributed by atoms with Crippen molar-refractivity contribution in [1.29, 1.82) is 0 Å². The van der Waals surface area contributed by atoms with Gasteiger partial charge >= 0.3 is 0 Å². The number of benzene rings is 1. The summed E-state index contributed by atoms with van der Waals surface area (Å²) in [6, 6.07) is 10.1. The lowest BCUT2D eigenvalue weighted by Gasteiger charge is -2.24. The Bertz CT molecular complexity index is 815. The summed E-state index contributed by atoms with van der Waals surface area (Å²) in [5.74, 6) is 0.542. The van der Waals surface area contributed by atoms with Crippen LogP contribution in [0, 0.1) is 0 Å². The number of thioether (sulfide) groups is 1. The zero-order chi connectivity index (χ0) is 19.9. The van der Waals surface area contributed by atoms with Crippen LogP contribution in [-0.2, 0) is 4.79 Å². The fourth-order valence-electron chi connectivity index (χ4n) is 3.14. The molecule has 0 spiro atoms. The highest BCUT2D eigenvalue weighted by Crippen LogP contribution is 2.24. The number of hydrogen-bond donors (Lipinski definition) is 1. The number of amides is 2. The van der Waals surface area contributed by atoms with Crippen LogP contribution in [0.15, 0.2) is 47.6 Å². The van der Waals surface area contributed by atoms with Gasteiger partial charge in [0.25, 0.3) is 5.91 Å². The molecule has 3 rings (SSSR count). The maximum Gasteiger partial charge on any atom is 0.254 e. The maximum atomic E-state index is 12.8. The quantitative estimate of drug-likeness (QED) is 0.518. The molecule has 0 bridgehead atoms. The summed E-state index contributed by atoms with van der Waals surface area (Å²) < 4.78 is 0. The van der Waals surface area contributed by atoms with E-state index in [1.807, 2.05) is 18.2 Å². The van der Waals surface area contributed by atoms with Crippen LogP contribution in [0.25, 0.3) is 0 Å². The van der Waals surface area contributed by atoms with E-state index in [1.54, 1.807) is 41.1 Å². The van der Waals surface area contributed by atoms with Crippen LogP contribution in [0.1, 0.15) is 29.6 Å². The Morgan fingerprint density at radius 2 is 2.00 bits per heavy atom. The molecule has 1 saturated heterocycles. The molecule has 2 aromatic rings. The van der Waals surface area contributed by atoms with Crippen molar-refractivity contribution in [1.82, 2.24) is 15.2 Å². The maximum absolute atomic E-state index is 12.8. The van der Waals surface area contributed by atoms with Gasteiger partial charge in [-0.15, -0.1) is 11.8 Å². The molecule has 0 saturated carbocycles. The summed E-state index contributed by atoms with van der Waals surface area (Å²) in [4.78, 5) is 31.3. The van der Waals surface area contributed by atoms with Gasteiger partial charge in [-0.05, 0) is 49.6 Å². The van der Waals surface area contributed by atoms with Crippen molar-refractivity contribution in [2.75, 3.05) is 18.8 Å². The zero-order valence-corrected chi connectivity index (χ0v) is 17.6. The van der Waals surface area contributed by atoms with Gasteiger partial charge in [0, 0.05) is 40.6 Å². The highest BCUT2D eigenvalue weighted by molar-refractivity contribution is 7.99. The Hall–Kier alpha value is -1.76. The number of nitrogens with one attached hydrogen (secondary N) is 1. The number of halogens is 2. The predicted molar refractivity (Wildman–Crippen MR) is 113 cm³/mol. The van der Waals surface area contributed by atoms with E-state index in [4.69, 9.17) is 23.2 Å². The molecule has 1 aromatic heterocycles. The number of pyridine rings is 1. The molecule has 2 heterocycles. The summed E-state index contributed by atoms with van der Waals surface area (Å²) in [5, 5.41) is 4.73. The number of hydrogen-bond acceptors (Lipinski definition) is 4. The Morgan fingerprint density at radius 1 is 1.21 bits per heavy atom. The molecule has 8 heteroatoms. The number of carbonyl (C=O) groups is 2. The minimum absolute atomic E-state index is 0.109. The molecule has 1 aromatic carbocycles. The molecule has 5 nitrogen and oxygen atoms in total. The van der Waals surface area contributed by atoms with Crippen LogP contribution in [0.3, 0.4) is 0 Å². The number of aromatic nitrogens is 1. The van der Waals surface area contributed by atoms with Crippen LogP contribution in [0.2, 0.25) is 10.0 Å². The fourth-order valence-corrected chi connectivity index (χ4v) is 4.47. The lowest BCUT2D eigenvalue weighted by molar-refractivity contribution is -0.124. The predicted octanol–water partition coefficient (Wildman–Crippen LogP) is 4.29. The molecule has 1 atom stereocenters. The first-order valence-corrected chi connectivity index (χ1v) is 10.9. The third-order valence-electron chi connectivity index (χ3n) is 4.43. The lowest BCUT2D eigenvalue weighted by atomic mass is 10.1. The first-order valence-electron chi connectivity index (χ1n) is 9.13. The van der Waals surface area contributed by atoms with E-state index in [9.17, 15) is 9.59 Å². The Labute approximate surface area is 178 Å². The highest BCUT2D eigenvalue weighted by atomic mass is 35.5. The normalized spacial score (nSPS) is 16.2. The molecule has 1 N–H and O–H groups in total. The number of likely N-dealkylation sites (tertiary alicyclic amines) is 1. The van der Waals surface area contributed by atoms with Gasteiger partial charge in [-0.25, -0.2) is 4.98 Å². The van der Waals surface area contributed by atoms with Crippen molar-refractivity contribution < 1.29 is 9.59 Å². The van der Waals surface area contributed by atoms with Gasteiger partial charge in [0.1, 0.15) is 6.04 Å². The van der Waals surface area contributed by atoms with E-state index >= 15 is 0 Å². The lowest BCUT2D eigenvalue weighted by Crippen LogP contribution is -2.46. The van der Waals surface area contributed by atoms with Gasteiger partial charge in [-0.1, -0.05) is 29.3 Å². The molecule has 0 unspecified atom stereocenters. The van der Waals surface area contributed by atoms with E-state index in [0.717, 1.165) is 23.6 Å². The molecule has 1 fully saturated rings. The number of carbonyl (C=O) groups excluding carboxylic acids is 2. The molecule has 28 heavy (non-hydrogen) atoms. The van der Waals surface area contributed by atoms with Crippen molar-refractivity contribution >= 4 is 46.8 Å². The van der Waals surface area contributed by atoms with Gasteiger partial charge in [0.2, 0.25) is 5.91 Å². The van der Waals surface area contributed by atoms with E-state index in [0.29, 0.717) is 35.1 Å². The molecular formula is C20H21Cl2N3O2S. The summed E-state index contributed by atoms with van der Waals surface area (Å²) in [6.07, 6.45) is 4.06. The molecule has 0 radical (unpaired) electrons. The third kappa shape index (κ3) is 5.63. The van der Waals surface area contributed by atoms with E-state index < -0.39 is 6.04 Å². The van der Waals surface area contributed by atoms with Crippen LogP contribution < -0.4 is 5.32 Å². The number of rotatable bonds is 7. The third-order valence-corrected chi connectivity index (χ3v) is 5.90. The minimum Gasteiger partial charge on any atom is -0.354 e. The Morgan fingerprint density at radius 3 is 2.71 bits per heavy atom. The molecule has 1 aliphatic heterocycles. The van der Waals surface area contributed by atoms with Crippen molar-refractivity contribution in [2.45, 2.75) is 30.3 Å². The first kappa shape index (κ1) is 21.0. The van der Waals surface area contributed by atoms with Crippen LogP contribution >= 0.6 is 35.0 Å². The average Bonchev–Trinajstić information content (AvgIpc) is 3.17. The van der Waals surface area contributed by atoms with Gasteiger partial charge in [0.05, 0.1) is 5.03 Å². The van der Waals surface area contributed by atoms with Gasteiger partial charge < -0.3 is 10.2 Å². The standard InChI is InChI=1S/C20H21Cl2N3O2S/c21-15-11-14(12-16(22)13-15)20(27)25-9-3-5-17(25)19(26)24-8-4-10-28-18-6-1-2-7-23-18/h1-2,6-7,11-13,17H,3-5,8-10H2,(H,24,26)/t17-/m0/s1. The second kappa shape index (κ2) is 10.1. The van der Waals surface area contributed by atoms with E-state index in [-0.39, 0.29) is 11.8 Å². The molecule has 148 valence electrons. The van der Waals surface area contributed by atoms with Crippen LogP contribution in [0.4, 0.5) is 0 Å². The smallest absolute Gasteiger partial charge is 0.254 e. The molecule has 0 aliphatic carbocycles. The van der Waals surface area contributed by atoms with E-state index in [2.05, 4.69) is 10.3 Å². The van der Waals surface area contributed by atoms with Crippen molar-refractivity contribution in [3.8, 4) is 0 Å². The van der Waals surface area contributed by atoms with Crippen LogP contribution in [-0.4, -0.2) is 46.6 Å². The monoisotopic (exact) mass is 437 g/mol. The van der Waals surface area contributed by atoms with Gasteiger partial charge in [-0.3, -0.25) is 9.59 Å². The van der Waals surface area contributed by atoms with Crippen LogP contribution in [0.5, 0.6) is 0 Å². The van der Waals surface area contributed by atoms with Crippen molar-refractivity contribution in [3.63, 3.8) is 0 Å². The van der Waals surface area contributed by atoms with E-state index in [1.165, 1.54) is 0 Å². The summed E-state index contributed by atoms with van der Waals surface area (Å²) in [5.41, 5.74) is 0.406. The summed E-state index contributed by atoms with van der Waals surface area (Å²) in [6.45, 7) is 1.12. The van der Waals surface area contributed by atoms with Gasteiger partial charge in [0.15, 0.2) is 0 Å². The summed E-state index contributed by atoms with van der Waals surface area (Å²) in [7, 11) is 0. The average molecular weight is 438 g/mol. The second-order valence-corrected chi connectivity index (χ2v) is 8.46. The van der Waals surface area contributed by atoms with Crippen molar-refractivity contribution in [2.24, 2.45) is 0 Å². The molecular weight excluding hydrogens is 417 g/mol. The summed E-state index contributed by atoms with van der Waals surface area (Å²) >= 11 is 13.7. The Balaban J connectivity index is 1.49. The minimum atomic E-state index is -0.450. The Kier molecular flexibility index (Phi) is 7.59. The van der Waals surface area contributed by atoms with Crippen molar-refractivity contribution in [3.05, 3.63) is 58.2 Å². The zero-order valence-electron chi connectivity index (χ0n) is 15.2. The second-order valence-electron chi connectivity index (χ2n) is 6.48. The topological polar surface area (TPSA) is 62.3 Å². The first-order chi connectivity index (χ1) is 13.5. The number of nitrogens with zero attached hydrogens (tertiary/aromatic N) is 2. The largest absolute Gasteiger partial charge is 0.354 e. The van der Waals surface area contributed by atoms with Gasteiger partial charge in [-0.2, -0.15) is 0 Å². The molecule has 1 aliphatic rings. The highest BCUT2D eigenvalue weighted by Gasteiger charge is 2.34. The molecule has 2 amide bonds. The SMILES string of the molecule is O=C(NCCCSc1ccccn1)[C@@H]1CCCN1C(=O)c1cc(Cl)cc(Cl)c1.